The molecule has 3 aromatic rings. The van der Waals surface area contributed by atoms with Crippen molar-refractivity contribution in [2.45, 2.75) is 38.0 Å². The smallest absolute Gasteiger partial charge is 0.265 e. The fourth-order valence-corrected chi connectivity index (χ4v) is 5.14. The Bertz CT molecular complexity index is 1200. The SMILES string of the molecule is COc1cc(C)c(C)cc1S(=O)(=O)Nc1cccc(-c2ccc(N3CCCCC3)nn2)c1. The minimum atomic E-state index is -3.83. The van der Waals surface area contributed by atoms with E-state index in [2.05, 4.69) is 19.8 Å². The summed E-state index contributed by atoms with van der Waals surface area (Å²) < 4.78 is 34.2. The molecule has 0 aliphatic carbocycles. The predicted molar refractivity (Wildman–Crippen MR) is 127 cm³/mol. The van der Waals surface area contributed by atoms with Gasteiger partial charge in [0, 0.05) is 24.3 Å². The molecule has 0 amide bonds. The normalized spacial score (nSPS) is 14.3. The van der Waals surface area contributed by atoms with Gasteiger partial charge in [-0.25, -0.2) is 8.42 Å². The number of aryl methyl sites for hydroxylation is 2. The minimum Gasteiger partial charge on any atom is -0.495 e. The molecule has 7 nitrogen and oxygen atoms in total. The number of hydrogen-bond acceptors (Lipinski definition) is 6. The van der Waals surface area contributed by atoms with E-state index < -0.39 is 10.0 Å². The predicted octanol–water partition coefficient (Wildman–Crippen LogP) is 4.56. The van der Waals surface area contributed by atoms with Crippen molar-refractivity contribution >= 4 is 21.5 Å². The Balaban J connectivity index is 1.58. The molecule has 1 fully saturated rings. The molecule has 2 heterocycles. The number of methoxy groups -OCH3 is 1. The third-order valence-corrected chi connectivity index (χ3v) is 7.21. The molecule has 0 spiro atoms. The summed E-state index contributed by atoms with van der Waals surface area (Å²) in [6.07, 6.45) is 3.62. The summed E-state index contributed by atoms with van der Waals surface area (Å²) in [5.74, 6) is 1.20. The Morgan fingerprint density at radius 1 is 0.938 bits per heavy atom. The number of nitrogens with zero attached hydrogens (tertiary/aromatic N) is 3. The van der Waals surface area contributed by atoms with Crippen LogP contribution in [0.4, 0.5) is 11.5 Å². The molecule has 1 N–H and O–H groups in total. The van der Waals surface area contributed by atoms with Crippen LogP contribution in [-0.2, 0) is 10.0 Å². The van der Waals surface area contributed by atoms with Crippen molar-refractivity contribution in [3.63, 3.8) is 0 Å². The van der Waals surface area contributed by atoms with Gasteiger partial charge < -0.3 is 9.64 Å². The van der Waals surface area contributed by atoms with Crippen molar-refractivity contribution in [2.24, 2.45) is 0 Å². The van der Waals surface area contributed by atoms with Crippen LogP contribution in [0.15, 0.2) is 53.4 Å². The van der Waals surface area contributed by atoms with Gasteiger partial charge in [-0.1, -0.05) is 12.1 Å². The van der Waals surface area contributed by atoms with Crippen LogP contribution in [0.2, 0.25) is 0 Å². The zero-order valence-corrected chi connectivity index (χ0v) is 19.4. The summed E-state index contributed by atoms with van der Waals surface area (Å²) in [4.78, 5) is 2.36. The molecule has 168 valence electrons. The number of anilines is 2. The second-order valence-electron chi connectivity index (χ2n) is 8.10. The van der Waals surface area contributed by atoms with Gasteiger partial charge in [-0.05, 0) is 80.6 Å². The Kier molecular flexibility index (Phi) is 6.32. The number of hydrogen-bond donors (Lipinski definition) is 1. The first-order chi connectivity index (χ1) is 15.4. The fraction of sp³-hybridized carbons (Fsp3) is 0.333. The van der Waals surface area contributed by atoms with Gasteiger partial charge in [0.2, 0.25) is 0 Å². The van der Waals surface area contributed by atoms with Crippen LogP contribution in [0.1, 0.15) is 30.4 Å². The maximum Gasteiger partial charge on any atom is 0.265 e. The average molecular weight is 453 g/mol. The monoisotopic (exact) mass is 452 g/mol. The molecular formula is C24H28N4O3S. The van der Waals surface area contributed by atoms with Crippen molar-refractivity contribution in [3.8, 4) is 17.0 Å². The van der Waals surface area contributed by atoms with E-state index in [1.54, 1.807) is 30.3 Å². The van der Waals surface area contributed by atoms with E-state index in [0.29, 0.717) is 17.1 Å². The number of piperidine rings is 1. The Morgan fingerprint density at radius 3 is 2.38 bits per heavy atom. The van der Waals surface area contributed by atoms with E-state index in [1.165, 1.54) is 26.4 Å². The number of benzene rings is 2. The second kappa shape index (κ2) is 9.16. The van der Waals surface area contributed by atoms with Gasteiger partial charge in [0.25, 0.3) is 10.0 Å². The van der Waals surface area contributed by atoms with Crippen molar-refractivity contribution < 1.29 is 13.2 Å². The summed E-state index contributed by atoms with van der Waals surface area (Å²) >= 11 is 0. The quantitative estimate of drug-likeness (QED) is 0.590. The van der Waals surface area contributed by atoms with Gasteiger partial charge in [-0.2, -0.15) is 0 Å². The van der Waals surface area contributed by atoms with E-state index in [-0.39, 0.29) is 4.90 Å². The lowest BCUT2D eigenvalue weighted by Gasteiger charge is -2.27. The molecule has 1 saturated heterocycles. The maximum atomic E-state index is 13.1. The van der Waals surface area contributed by atoms with Crippen LogP contribution >= 0.6 is 0 Å². The summed E-state index contributed by atoms with van der Waals surface area (Å²) in [6, 6.07) is 14.4. The zero-order valence-electron chi connectivity index (χ0n) is 18.6. The lowest BCUT2D eigenvalue weighted by atomic mass is 10.1. The lowest BCUT2D eigenvalue weighted by Crippen LogP contribution is -2.30. The first-order valence-electron chi connectivity index (χ1n) is 10.7. The number of sulfonamides is 1. The molecule has 1 aromatic heterocycles. The Labute approximate surface area is 189 Å². The van der Waals surface area contributed by atoms with Gasteiger partial charge in [-0.15, -0.1) is 10.2 Å². The van der Waals surface area contributed by atoms with Crippen LogP contribution in [0.25, 0.3) is 11.3 Å². The largest absolute Gasteiger partial charge is 0.495 e. The number of ether oxygens (including phenoxy) is 1. The lowest BCUT2D eigenvalue weighted by molar-refractivity contribution is 0.402. The number of nitrogens with one attached hydrogen (secondary N) is 1. The molecule has 0 atom stereocenters. The third kappa shape index (κ3) is 4.70. The van der Waals surface area contributed by atoms with E-state index in [4.69, 9.17) is 4.74 Å². The van der Waals surface area contributed by atoms with Gasteiger partial charge in [0.1, 0.15) is 10.6 Å². The summed E-state index contributed by atoms with van der Waals surface area (Å²) in [5, 5.41) is 8.77. The highest BCUT2D eigenvalue weighted by molar-refractivity contribution is 7.92. The Morgan fingerprint density at radius 2 is 1.69 bits per heavy atom. The molecule has 1 aliphatic heterocycles. The fourth-order valence-electron chi connectivity index (χ4n) is 3.86. The summed E-state index contributed by atoms with van der Waals surface area (Å²) in [7, 11) is -2.37. The molecular weight excluding hydrogens is 424 g/mol. The maximum absolute atomic E-state index is 13.1. The van der Waals surface area contributed by atoms with Crippen molar-refractivity contribution in [1.82, 2.24) is 10.2 Å². The van der Waals surface area contributed by atoms with E-state index in [9.17, 15) is 8.42 Å². The number of aromatic nitrogens is 2. The van der Waals surface area contributed by atoms with Crippen LogP contribution in [0, 0.1) is 13.8 Å². The standard InChI is InChI=1S/C24H28N4O3S/c1-17-14-22(31-3)23(15-18(17)2)32(29,30)27-20-9-7-8-19(16-20)21-10-11-24(26-25-21)28-12-5-4-6-13-28/h7-11,14-16,27H,4-6,12-13H2,1-3H3. The molecule has 0 saturated carbocycles. The Hall–Kier alpha value is -3.13. The highest BCUT2D eigenvalue weighted by atomic mass is 32.2. The summed E-state index contributed by atoms with van der Waals surface area (Å²) in [6.45, 7) is 5.81. The van der Waals surface area contributed by atoms with Crippen molar-refractivity contribution in [1.29, 1.82) is 0 Å². The first kappa shape index (κ1) is 22.1. The van der Waals surface area contributed by atoms with Gasteiger partial charge >= 0.3 is 0 Å². The van der Waals surface area contributed by atoms with Crippen molar-refractivity contribution in [2.75, 3.05) is 29.8 Å². The molecule has 0 bridgehead atoms. The zero-order chi connectivity index (χ0) is 22.7. The van der Waals surface area contributed by atoms with E-state index in [1.807, 2.05) is 32.0 Å². The highest BCUT2D eigenvalue weighted by Crippen LogP contribution is 2.30. The second-order valence-corrected chi connectivity index (χ2v) is 9.75. The highest BCUT2D eigenvalue weighted by Gasteiger charge is 2.21. The molecule has 4 rings (SSSR count). The molecule has 0 unspecified atom stereocenters. The van der Waals surface area contributed by atoms with Crippen LogP contribution in [0.3, 0.4) is 0 Å². The molecule has 8 heteroatoms. The van der Waals surface area contributed by atoms with E-state index in [0.717, 1.165) is 35.6 Å². The topological polar surface area (TPSA) is 84.4 Å². The van der Waals surface area contributed by atoms with Gasteiger partial charge in [0.15, 0.2) is 5.82 Å². The first-order valence-corrected chi connectivity index (χ1v) is 12.2. The molecule has 0 radical (unpaired) electrons. The minimum absolute atomic E-state index is 0.110. The van der Waals surface area contributed by atoms with Crippen LogP contribution in [-0.4, -0.2) is 38.8 Å². The van der Waals surface area contributed by atoms with Gasteiger partial charge in [-0.3, -0.25) is 4.72 Å². The average Bonchev–Trinajstić information content (AvgIpc) is 2.81. The van der Waals surface area contributed by atoms with Crippen LogP contribution < -0.4 is 14.4 Å². The van der Waals surface area contributed by atoms with Crippen LogP contribution in [0.5, 0.6) is 5.75 Å². The van der Waals surface area contributed by atoms with Gasteiger partial charge in [0.05, 0.1) is 12.8 Å². The third-order valence-electron chi connectivity index (χ3n) is 5.81. The van der Waals surface area contributed by atoms with E-state index >= 15 is 0 Å². The molecule has 2 aromatic carbocycles. The van der Waals surface area contributed by atoms with Crippen molar-refractivity contribution in [3.05, 3.63) is 59.7 Å². The summed E-state index contributed by atoms with van der Waals surface area (Å²) in [5.41, 5.74) is 3.77. The molecule has 1 aliphatic rings. The number of rotatable bonds is 6. The molecule has 32 heavy (non-hydrogen) atoms.